The summed E-state index contributed by atoms with van der Waals surface area (Å²) in [6.45, 7) is 5.05. The van der Waals surface area contributed by atoms with Crippen LogP contribution < -0.4 is 19.7 Å². The summed E-state index contributed by atoms with van der Waals surface area (Å²) in [5.41, 5.74) is 3.65. The van der Waals surface area contributed by atoms with Gasteiger partial charge in [-0.25, -0.2) is 0 Å². The number of aryl methyl sites for hydroxylation is 1. The van der Waals surface area contributed by atoms with Crippen molar-refractivity contribution in [2.75, 3.05) is 31.0 Å². The highest BCUT2D eigenvalue weighted by atomic mass is 16.5. The average Bonchev–Trinajstić information content (AvgIpc) is 2.72. The molecule has 0 saturated heterocycles. The quantitative estimate of drug-likeness (QED) is 0.708. The highest BCUT2D eigenvalue weighted by molar-refractivity contribution is 5.98. The van der Waals surface area contributed by atoms with Crippen LogP contribution in [0.5, 0.6) is 11.5 Å². The molecule has 0 unspecified atom stereocenters. The predicted molar refractivity (Wildman–Crippen MR) is 118 cm³/mol. The fourth-order valence-corrected chi connectivity index (χ4v) is 3.65. The molecule has 6 heteroatoms. The average molecular weight is 411 g/mol. The zero-order valence-electron chi connectivity index (χ0n) is 18.2. The maximum Gasteiger partial charge on any atom is 0.228 e. The van der Waals surface area contributed by atoms with Crippen molar-refractivity contribution in [2.24, 2.45) is 5.92 Å². The molecule has 30 heavy (non-hydrogen) atoms. The molecule has 1 N–H and O–H groups in total. The fourth-order valence-electron chi connectivity index (χ4n) is 3.65. The van der Waals surface area contributed by atoms with Gasteiger partial charge in [0.25, 0.3) is 0 Å². The summed E-state index contributed by atoms with van der Waals surface area (Å²) in [6.07, 6.45) is 2.41. The number of nitrogens with one attached hydrogen (secondary N) is 1. The molecular formula is C24H30N2O4. The van der Waals surface area contributed by atoms with Crippen molar-refractivity contribution in [1.82, 2.24) is 0 Å². The molecule has 0 atom stereocenters. The molecule has 0 bridgehead atoms. The van der Waals surface area contributed by atoms with Gasteiger partial charge in [-0.2, -0.15) is 0 Å². The van der Waals surface area contributed by atoms with Crippen LogP contribution >= 0.6 is 0 Å². The van der Waals surface area contributed by atoms with Crippen molar-refractivity contribution < 1.29 is 19.1 Å². The largest absolute Gasteiger partial charge is 0.493 e. The Morgan fingerprint density at radius 2 is 1.83 bits per heavy atom. The van der Waals surface area contributed by atoms with Gasteiger partial charge in [-0.15, -0.1) is 0 Å². The maximum atomic E-state index is 12.6. The van der Waals surface area contributed by atoms with E-state index < -0.39 is 0 Å². The smallest absolute Gasteiger partial charge is 0.228 e. The third-order valence-corrected chi connectivity index (χ3v) is 5.31. The van der Waals surface area contributed by atoms with Crippen LogP contribution in [0.2, 0.25) is 0 Å². The second-order valence-corrected chi connectivity index (χ2v) is 7.99. The van der Waals surface area contributed by atoms with Crippen LogP contribution in [-0.2, 0) is 22.4 Å². The number of hydrogen-bond acceptors (Lipinski definition) is 4. The van der Waals surface area contributed by atoms with E-state index in [1.54, 1.807) is 20.3 Å². The Labute approximate surface area is 178 Å². The SMILES string of the molecule is COc1ccc(CC(=O)Nc2ccc3c(c2)CCC(=O)N3CCC(C)C)cc1OC. The Balaban J connectivity index is 1.69. The minimum absolute atomic E-state index is 0.106. The monoisotopic (exact) mass is 410 g/mol. The number of rotatable bonds is 8. The van der Waals surface area contributed by atoms with E-state index in [1.807, 2.05) is 35.2 Å². The number of fused-ring (bicyclic) bond motifs is 1. The third kappa shape index (κ3) is 5.12. The lowest BCUT2D eigenvalue weighted by Gasteiger charge is -2.30. The molecule has 0 fully saturated rings. The Bertz CT molecular complexity index is 923. The topological polar surface area (TPSA) is 67.9 Å². The summed E-state index contributed by atoms with van der Waals surface area (Å²) in [5.74, 6) is 1.84. The van der Waals surface area contributed by atoms with Gasteiger partial charge in [-0.3, -0.25) is 9.59 Å². The molecule has 1 heterocycles. The first kappa shape index (κ1) is 21.7. The van der Waals surface area contributed by atoms with Crippen LogP contribution in [0.4, 0.5) is 11.4 Å². The summed E-state index contributed by atoms with van der Waals surface area (Å²) >= 11 is 0. The zero-order valence-corrected chi connectivity index (χ0v) is 18.2. The minimum Gasteiger partial charge on any atom is -0.493 e. The van der Waals surface area contributed by atoms with E-state index in [2.05, 4.69) is 19.2 Å². The number of carbonyl (C=O) groups is 2. The molecule has 2 amide bonds. The summed E-state index contributed by atoms with van der Waals surface area (Å²) in [6, 6.07) is 11.3. The fraction of sp³-hybridized carbons (Fsp3) is 0.417. The molecule has 3 rings (SSSR count). The van der Waals surface area contributed by atoms with Gasteiger partial charge >= 0.3 is 0 Å². The lowest BCUT2D eigenvalue weighted by atomic mass is 9.99. The number of ether oxygens (including phenoxy) is 2. The van der Waals surface area contributed by atoms with Crippen LogP contribution in [0.3, 0.4) is 0 Å². The lowest BCUT2D eigenvalue weighted by Crippen LogP contribution is -2.36. The molecule has 6 nitrogen and oxygen atoms in total. The summed E-state index contributed by atoms with van der Waals surface area (Å²) in [4.78, 5) is 26.8. The zero-order chi connectivity index (χ0) is 21.7. The molecule has 160 valence electrons. The first-order chi connectivity index (χ1) is 14.4. The van der Waals surface area contributed by atoms with E-state index in [4.69, 9.17) is 9.47 Å². The van der Waals surface area contributed by atoms with Crippen molar-refractivity contribution in [3.8, 4) is 11.5 Å². The number of nitrogens with zero attached hydrogens (tertiary/aromatic N) is 1. The number of benzene rings is 2. The van der Waals surface area contributed by atoms with E-state index in [0.29, 0.717) is 30.3 Å². The van der Waals surface area contributed by atoms with Crippen molar-refractivity contribution in [2.45, 2.75) is 39.5 Å². The van der Waals surface area contributed by atoms with Gasteiger partial charge in [0, 0.05) is 24.3 Å². The van der Waals surface area contributed by atoms with Crippen molar-refractivity contribution >= 4 is 23.2 Å². The van der Waals surface area contributed by atoms with Crippen molar-refractivity contribution in [1.29, 1.82) is 0 Å². The molecule has 1 aliphatic heterocycles. The summed E-state index contributed by atoms with van der Waals surface area (Å²) in [7, 11) is 3.15. The van der Waals surface area contributed by atoms with Gasteiger partial charge in [0.1, 0.15) is 0 Å². The summed E-state index contributed by atoms with van der Waals surface area (Å²) in [5, 5.41) is 2.97. The predicted octanol–water partition coefficient (Wildman–Crippen LogP) is 4.21. The van der Waals surface area contributed by atoms with Crippen LogP contribution in [0, 0.1) is 5.92 Å². The third-order valence-electron chi connectivity index (χ3n) is 5.31. The van der Waals surface area contributed by atoms with E-state index in [9.17, 15) is 9.59 Å². The van der Waals surface area contributed by atoms with Crippen molar-refractivity contribution in [3.05, 3.63) is 47.5 Å². The highest BCUT2D eigenvalue weighted by Gasteiger charge is 2.24. The van der Waals surface area contributed by atoms with Crippen LogP contribution in [0.1, 0.15) is 37.8 Å². The Morgan fingerprint density at radius 1 is 1.07 bits per heavy atom. The van der Waals surface area contributed by atoms with Gasteiger partial charge in [-0.05, 0) is 60.2 Å². The number of hydrogen-bond donors (Lipinski definition) is 1. The van der Waals surface area contributed by atoms with Crippen LogP contribution in [0.25, 0.3) is 0 Å². The van der Waals surface area contributed by atoms with Gasteiger partial charge in [0.2, 0.25) is 11.8 Å². The summed E-state index contributed by atoms with van der Waals surface area (Å²) < 4.78 is 10.5. The number of anilines is 2. The van der Waals surface area contributed by atoms with E-state index in [0.717, 1.165) is 35.5 Å². The molecular weight excluding hydrogens is 380 g/mol. The van der Waals surface area contributed by atoms with Gasteiger partial charge in [0.05, 0.1) is 20.6 Å². The molecule has 2 aromatic rings. The molecule has 1 aliphatic rings. The van der Waals surface area contributed by atoms with Crippen LogP contribution in [-0.4, -0.2) is 32.6 Å². The normalized spacial score (nSPS) is 13.2. The standard InChI is InChI=1S/C24H30N2O4/c1-16(2)11-12-26-20-8-7-19(15-18(20)6-10-24(26)28)25-23(27)14-17-5-9-21(29-3)22(13-17)30-4/h5,7-9,13,15-16H,6,10-12,14H2,1-4H3,(H,25,27). The van der Waals surface area contributed by atoms with Gasteiger partial charge < -0.3 is 19.7 Å². The molecule has 0 aliphatic carbocycles. The Hall–Kier alpha value is -3.02. The number of amides is 2. The Kier molecular flexibility index (Phi) is 6.98. The first-order valence-corrected chi connectivity index (χ1v) is 10.3. The molecule has 0 radical (unpaired) electrons. The van der Waals surface area contributed by atoms with E-state index >= 15 is 0 Å². The van der Waals surface area contributed by atoms with E-state index in [1.165, 1.54) is 0 Å². The lowest BCUT2D eigenvalue weighted by molar-refractivity contribution is -0.119. The highest BCUT2D eigenvalue weighted by Crippen LogP contribution is 2.31. The van der Waals surface area contributed by atoms with E-state index in [-0.39, 0.29) is 18.2 Å². The van der Waals surface area contributed by atoms with Gasteiger partial charge in [-0.1, -0.05) is 19.9 Å². The molecule has 2 aromatic carbocycles. The number of methoxy groups -OCH3 is 2. The minimum atomic E-state index is -0.106. The van der Waals surface area contributed by atoms with Crippen LogP contribution in [0.15, 0.2) is 36.4 Å². The number of carbonyl (C=O) groups excluding carboxylic acids is 2. The maximum absolute atomic E-state index is 12.6. The second-order valence-electron chi connectivity index (χ2n) is 7.99. The first-order valence-electron chi connectivity index (χ1n) is 10.3. The molecule has 0 spiro atoms. The Morgan fingerprint density at radius 3 is 2.53 bits per heavy atom. The molecule has 0 saturated carbocycles. The second kappa shape index (κ2) is 9.65. The van der Waals surface area contributed by atoms with Crippen molar-refractivity contribution in [3.63, 3.8) is 0 Å². The van der Waals surface area contributed by atoms with Gasteiger partial charge in [0.15, 0.2) is 11.5 Å². The molecule has 0 aromatic heterocycles.